The van der Waals surface area contributed by atoms with E-state index in [4.69, 9.17) is 14.3 Å². The number of rotatable bonds is 6. The maximum absolute atomic E-state index is 12.6. The summed E-state index contributed by atoms with van der Waals surface area (Å²) in [5, 5.41) is 12.6. The SMILES string of the molecule is CC(=O)O[C@H]1[C@@H](OC2CCCC2(c2ccccc2)c2ccccc2)O[N+]([O-])=C[C@@H]1c1ccccc1. The number of hydrogen-bond donors (Lipinski definition) is 0. The van der Waals surface area contributed by atoms with Gasteiger partial charge in [-0.15, -0.1) is 0 Å². The van der Waals surface area contributed by atoms with Crippen LogP contribution in [0.4, 0.5) is 0 Å². The minimum atomic E-state index is -1.05. The summed E-state index contributed by atoms with van der Waals surface area (Å²) in [6.07, 6.45) is 1.89. The molecule has 0 aromatic heterocycles. The van der Waals surface area contributed by atoms with Crippen LogP contribution in [0.25, 0.3) is 0 Å². The number of hydrogen-bond acceptors (Lipinski definition) is 5. The Kier molecular flexibility index (Phi) is 6.55. The van der Waals surface area contributed by atoms with Crippen molar-refractivity contribution in [3.8, 4) is 0 Å². The first-order valence-corrected chi connectivity index (χ1v) is 12.0. The van der Waals surface area contributed by atoms with Crippen molar-refractivity contribution in [2.45, 2.75) is 56.0 Å². The van der Waals surface area contributed by atoms with Crippen molar-refractivity contribution in [2.75, 3.05) is 0 Å². The van der Waals surface area contributed by atoms with Gasteiger partial charge in [-0.05, 0) is 36.0 Å². The second-order valence-corrected chi connectivity index (χ2v) is 9.14. The van der Waals surface area contributed by atoms with E-state index in [0.29, 0.717) is 4.90 Å². The van der Waals surface area contributed by atoms with Crippen LogP contribution in [-0.2, 0) is 24.5 Å². The monoisotopic (exact) mass is 471 g/mol. The summed E-state index contributed by atoms with van der Waals surface area (Å²) in [6.45, 7) is 1.36. The van der Waals surface area contributed by atoms with Gasteiger partial charge in [0.05, 0.1) is 6.10 Å². The minimum Gasteiger partial charge on any atom is -0.457 e. The Labute approximate surface area is 205 Å². The molecule has 1 fully saturated rings. The Balaban J connectivity index is 1.53. The summed E-state index contributed by atoms with van der Waals surface area (Å²) in [5.41, 5.74) is 2.74. The van der Waals surface area contributed by atoms with Crippen LogP contribution in [0.1, 0.15) is 48.8 Å². The first-order valence-electron chi connectivity index (χ1n) is 12.0. The molecule has 180 valence electrons. The topological polar surface area (TPSA) is 70.8 Å². The van der Waals surface area contributed by atoms with Crippen LogP contribution < -0.4 is 0 Å². The molecule has 2 aliphatic rings. The van der Waals surface area contributed by atoms with E-state index in [2.05, 4.69) is 24.3 Å². The van der Waals surface area contributed by atoms with Crippen molar-refractivity contribution in [3.63, 3.8) is 0 Å². The second-order valence-electron chi connectivity index (χ2n) is 9.14. The highest BCUT2D eigenvalue weighted by molar-refractivity contribution is 5.69. The molecule has 5 rings (SSSR count). The van der Waals surface area contributed by atoms with Gasteiger partial charge in [-0.2, -0.15) is 0 Å². The van der Waals surface area contributed by atoms with Crippen LogP contribution in [0.2, 0.25) is 0 Å². The lowest BCUT2D eigenvalue weighted by atomic mass is 9.71. The summed E-state index contributed by atoms with van der Waals surface area (Å²) in [4.78, 5) is 18.1. The molecule has 1 saturated carbocycles. The highest BCUT2D eigenvalue weighted by Crippen LogP contribution is 2.49. The average molecular weight is 472 g/mol. The molecule has 4 atom stereocenters. The molecule has 1 aliphatic heterocycles. The number of benzene rings is 3. The lowest BCUT2D eigenvalue weighted by molar-refractivity contribution is -0.772. The van der Waals surface area contributed by atoms with Crippen LogP contribution in [0, 0.1) is 5.21 Å². The van der Waals surface area contributed by atoms with Crippen LogP contribution >= 0.6 is 0 Å². The summed E-state index contributed by atoms with van der Waals surface area (Å²) in [5.74, 6) is -0.953. The zero-order valence-corrected chi connectivity index (χ0v) is 19.7. The molecule has 3 aromatic rings. The Morgan fingerprint density at radius 2 is 1.51 bits per heavy atom. The molecule has 6 heteroatoms. The van der Waals surface area contributed by atoms with Crippen molar-refractivity contribution in [3.05, 3.63) is 113 Å². The van der Waals surface area contributed by atoms with Gasteiger partial charge < -0.3 is 14.3 Å². The molecule has 6 nitrogen and oxygen atoms in total. The fraction of sp³-hybridized carbons (Fsp3) is 0.310. The molecule has 35 heavy (non-hydrogen) atoms. The Bertz CT molecular complexity index is 1130. The summed E-state index contributed by atoms with van der Waals surface area (Å²) < 4.78 is 12.4. The number of esters is 1. The third kappa shape index (κ3) is 4.54. The van der Waals surface area contributed by atoms with Crippen molar-refractivity contribution in [2.24, 2.45) is 0 Å². The van der Waals surface area contributed by atoms with Crippen molar-refractivity contribution in [1.82, 2.24) is 0 Å². The standard InChI is InChI=1S/C29H29NO5/c1-21(31)33-27-25(22-12-5-2-6-13-22)20-30(32)35-28(27)34-26-18-11-19-29(26,23-14-7-3-8-15-23)24-16-9-4-10-17-24/h2-10,12-17,20,25-28H,11,18-19H2,1H3/t25-,26?,27-,28+/m1/s1. The molecular formula is C29H29NO5. The molecule has 3 aromatic carbocycles. The second kappa shape index (κ2) is 9.92. The van der Waals surface area contributed by atoms with Crippen molar-refractivity contribution < 1.29 is 24.0 Å². The molecule has 1 aliphatic carbocycles. The van der Waals surface area contributed by atoms with Crippen molar-refractivity contribution in [1.29, 1.82) is 0 Å². The van der Waals surface area contributed by atoms with Crippen LogP contribution in [-0.4, -0.2) is 35.6 Å². The van der Waals surface area contributed by atoms with E-state index in [-0.39, 0.29) is 6.10 Å². The van der Waals surface area contributed by atoms with Gasteiger partial charge in [0.15, 0.2) is 6.10 Å². The van der Waals surface area contributed by atoms with E-state index in [0.717, 1.165) is 36.0 Å². The van der Waals surface area contributed by atoms with Gasteiger partial charge in [0, 0.05) is 17.2 Å². The highest BCUT2D eigenvalue weighted by Gasteiger charge is 2.50. The smallest absolute Gasteiger partial charge is 0.303 e. The van der Waals surface area contributed by atoms with Crippen LogP contribution in [0.3, 0.4) is 0 Å². The van der Waals surface area contributed by atoms with E-state index >= 15 is 0 Å². The predicted octanol–water partition coefficient (Wildman–Crippen LogP) is 5.11. The Morgan fingerprint density at radius 1 is 0.943 bits per heavy atom. The lowest BCUT2D eigenvalue weighted by Crippen LogP contribution is -2.50. The molecule has 1 unspecified atom stereocenters. The van der Waals surface area contributed by atoms with E-state index in [1.165, 1.54) is 13.1 Å². The zero-order valence-electron chi connectivity index (χ0n) is 19.7. The van der Waals surface area contributed by atoms with E-state index in [9.17, 15) is 10.0 Å². The predicted molar refractivity (Wildman–Crippen MR) is 132 cm³/mol. The quantitative estimate of drug-likeness (QED) is 0.369. The van der Waals surface area contributed by atoms with Gasteiger partial charge in [-0.3, -0.25) is 10.0 Å². The molecule has 0 bridgehead atoms. The molecule has 0 N–H and O–H groups in total. The van der Waals surface area contributed by atoms with Crippen molar-refractivity contribution >= 4 is 12.2 Å². The molecular weight excluding hydrogens is 442 g/mol. The first-order chi connectivity index (χ1) is 17.1. The van der Waals surface area contributed by atoms with Crippen LogP contribution in [0.15, 0.2) is 91.0 Å². The van der Waals surface area contributed by atoms with E-state index in [1.807, 2.05) is 66.7 Å². The fourth-order valence-corrected chi connectivity index (χ4v) is 5.57. The molecule has 1 heterocycles. The van der Waals surface area contributed by atoms with Gasteiger partial charge in [0.25, 0.3) is 0 Å². The lowest BCUT2D eigenvalue weighted by Gasteiger charge is -2.41. The van der Waals surface area contributed by atoms with Gasteiger partial charge in [-0.25, -0.2) is 0 Å². The maximum Gasteiger partial charge on any atom is 0.303 e. The van der Waals surface area contributed by atoms with Gasteiger partial charge in [-0.1, -0.05) is 91.0 Å². The van der Waals surface area contributed by atoms with Gasteiger partial charge in [0.2, 0.25) is 12.5 Å². The molecule has 0 radical (unpaired) electrons. The number of carbonyl (C=O) groups is 1. The van der Waals surface area contributed by atoms with Crippen LogP contribution in [0.5, 0.6) is 0 Å². The summed E-state index contributed by atoms with van der Waals surface area (Å²) in [7, 11) is 0. The van der Waals surface area contributed by atoms with E-state index in [1.54, 1.807) is 0 Å². The largest absolute Gasteiger partial charge is 0.457 e. The highest BCUT2D eigenvalue weighted by atomic mass is 16.9. The maximum atomic E-state index is 12.6. The van der Waals surface area contributed by atoms with Gasteiger partial charge in [0.1, 0.15) is 5.92 Å². The first kappa shape index (κ1) is 23.1. The summed E-state index contributed by atoms with van der Waals surface area (Å²) >= 11 is 0. The molecule has 0 amide bonds. The number of ether oxygens (including phenoxy) is 2. The minimum absolute atomic E-state index is 0.279. The summed E-state index contributed by atoms with van der Waals surface area (Å²) in [6, 6.07) is 30.1. The zero-order chi connectivity index (χ0) is 24.3. The van der Waals surface area contributed by atoms with E-state index < -0.39 is 29.7 Å². The molecule has 0 saturated heterocycles. The number of nitrogens with zero attached hydrogens (tertiary/aromatic N) is 1. The Morgan fingerprint density at radius 3 is 2.09 bits per heavy atom. The molecule has 0 spiro atoms. The average Bonchev–Trinajstić information content (AvgIpc) is 3.31. The normalized spacial score (nSPS) is 25.3. The fourth-order valence-electron chi connectivity index (χ4n) is 5.57. The third-order valence-electron chi connectivity index (χ3n) is 7.06. The third-order valence-corrected chi connectivity index (χ3v) is 7.06. The number of carbonyl (C=O) groups excluding carboxylic acids is 1. The Hall–Kier alpha value is -3.64. The van der Waals surface area contributed by atoms with Gasteiger partial charge >= 0.3 is 5.97 Å².